The zero-order chi connectivity index (χ0) is 34.3. The van der Waals surface area contributed by atoms with Crippen LogP contribution in [0, 0.1) is 27.7 Å². The Morgan fingerprint density at radius 2 is 1.56 bits per heavy atom. The van der Waals surface area contributed by atoms with Crippen molar-refractivity contribution >= 4 is 51.7 Å². The summed E-state index contributed by atoms with van der Waals surface area (Å²) in [4.78, 5) is 33.7. The number of hydrogen-bond donors (Lipinski definition) is 2. The number of rotatable bonds is 9. The lowest BCUT2D eigenvalue weighted by molar-refractivity contribution is 0.0692. The summed E-state index contributed by atoms with van der Waals surface area (Å²) in [6.07, 6.45) is 3.51. The van der Waals surface area contributed by atoms with Crippen molar-refractivity contribution in [1.82, 2.24) is 19.7 Å². The second kappa shape index (κ2) is 13.7. The normalized spacial score (nSPS) is 13.5. The van der Waals surface area contributed by atoms with E-state index in [1.807, 2.05) is 73.5 Å². The van der Waals surface area contributed by atoms with Crippen LogP contribution in [0.15, 0.2) is 48.5 Å². The number of aromatic amines is 1. The van der Waals surface area contributed by atoms with Crippen LogP contribution in [-0.4, -0.2) is 62.8 Å². The Hall–Kier alpha value is -4.27. The van der Waals surface area contributed by atoms with Gasteiger partial charge in [0.05, 0.1) is 27.5 Å². The molecule has 3 aromatic carbocycles. The molecule has 6 rings (SSSR count). The molecular weight excluding hydrogens is 645 g/mol. The zero-order valence-electron chi connectivity index (χ0n) is 28.1. The number of carbonyl (C=O) groups is 2. The fourth-order valence-corrected chi connectivity index (χ4v) is 7.53. The molecule has 0 unspecified atom stereocenters. The highest BCUT2D eigenvalue weighted by Crippen LogP contribution is 2.40. The molecule has 1 saturated heterocycles. The number of anilines is 1. The smallest absolute Gasteiger partial charge is 0.337 e. The molecule has 8 nitrogen and oxygen atoms in total. The molecule has 0 bridgehead atoms. The van der Waals surface area contributed by atoms with Crippen molar-refractivity contribution < 1.29 is 14.7 Å². The van der Waals surface area contributed by atoms with Gasteiger partial charge in [-0.3, -0.25) is 9.48 Å². The van der Waals surface area contributed by atoms with Crippen molar-refractivity contribution in [2.24, 2.45) is 7.05 Å². The average Bonchev–Trinajstić information content (AvgIpc) is 3.56. The van der Waals surface area contributed by atoms with Crippen molar-refractivity contribution in [3.05, 3.63) is 103 Å². The summed E-state index contributed by atoms with van der Waals surface area (Å²) in [5, 5.41) is 16.8. The maximum Gasteiger partial charge on any atom is 0.337 e. The third-order valence-electron chi connectivity index (χ3n) is 9.68. The molecule has 0 radical (unpaired) electrons. The van der Waals surface area contributed by atoms with Crippen molar-refractivity contribution in [1.29, 1.82) is 0 Å². The van der Waals surface area contributed by atoms with Crippen LogP contribution in [0.25, 0.3) is 22.0 Å². The van der Waals surface area contributed by atoms with E-state index < -0.39 is 5.97 Å². The summed E-state index contributed by atoms with van der Waals surface area (Å²) in [5.41, 5.74) is 10.5. The number of para-hydroxylation sites is 1. The average molecular weight is 687 g/mol. The lowest BCUT2D eigenvalue weighted by Gasteiger charge is -2.36. The number of benzene rings is 3. The minimum atomic E-state index is -0.957. The van der Waals surface area contributed by atoms with Crippen LogP contribution in [0.4, 0.5) is 5.69 Å². The number of unbranched alkanes of at least 4 members (excludes halogenated alkanes) is 1. The van der Waals surface area contributed by atoms with Crippen LogP contribution in [0.1, 0.15) is 67.3 Å². The Kier molecular flexibility index (Phi) is 9.59. The molecule has 1 aliphatic heterocycles. The van der Waals surface area contributed by atoms with Gasteiger partial charge in [-0.25, -0.2) is 4.79 Å². The zero-order valence-corrected chi connectivity index (χ0v) is 29.6. The molecule has 3 heterocycles. The number of piperazine rings is 1. The van der Waals surface area contributed by atoms with E-state index in [4.69, 9.17) is 23.2 Å². The number of hydrogen-bond acceptors (Lipinski definition) is 4. The highest BCUT2D eigenvalue weighted by molar-refractivity contribution is 6.35. The largest absolute Gasteiger partial charge is 0.478 e. The van der Waals surface area contributed by atoms with E-state index in [1.54, 1.807) is 12.1 Å². The number of nitrogens with one attached hydrogen (secondary N) is 1. The number of carboxylic acid groups (broad SMARTS) is 1. The molecule has 1 fully saturated rings. The van der Waals surface area contributed by atoms with Gasteiger partial charge >= 0.3 is 5.97 Å². The Labute approximate surface area is 291 Å². The Morgan fingerprint density at radius 1 is 0.896 bits per heavy atom. The molecule has 0 atom stereocenters. The molecule has 2 N–H and O–H groups in total. The minimum absolute atomic E-state index is 0.0574. The van der Waals surface area contributed by atoms with Crippen LogP contribution in [0.2, 0.25) is 10.0 Å². The quantitative estimate of drug-likeness (QED) is 0.152. The first-order valence-corrected chi connectivity index (χ1v) is 17.2. The summed E-state index contributed by atoms with van der Waals surface area (Å²) < 4.78 is 1.86. The van der Waals surface area contributed by atoms with Gasteiger partial charge in [0, 0.05) is 60.5 Å². The van der Waals surface area contributed by atoms with E-state index >= 15 is 0 Å². The van der Waals surface area contributed by atoms with Gasteiger partial charge in [-0.15, -0.1) is 0 Å². The molecule has 0 saturated carbocycles. The van der Waals surface area contributed by atoms with E-state index in [1.165, 1.54) is 5.56 Å². The fourth-order valence-electron chi connectivity index (χ4n) is 7.17. The molecule has 0 aliphatic carbocycles. The Bertz CT molecular complexity index is 2010. The number of aromatic nitrogens is 3. The predicted molar refractivity (Wildman–Crippen MR) is 194 cm³/mol. The van der Waals surface area contributed by atoms with Crippen LogP contribution in [0.5, 0.6) is 0 Å². The number of halogens is 2. The number of aryl methyl sites for hydroxylation is 6. The molecule has 48 heavy (non-hydrogen) atoms. The van der Waals surface area contributed by atoms with Crippen LogP contribution in [0.3, 0.4) is 0 Å². The second-order valence-corrected chi connectivity index (χ2v) is 13.6. The SMILES string of the molecule is Cc1cc(CCCCc2c(C(=O)N3CCN(c4ccccc4C(=O)O)CC3)[nH]c3c(-c4c(C)nn(C)c4C)c(Cl)ccc23)cc(C)c1Cl. The monoisotopic (exact) mass is 685 g/mol. The van der Waals surface area contributed by atoms with Gasteiger partial charge in [0.2, 0.25) is 0 Å². The fraction of sp³-hybridized carbons (Fsp3) is 0.342. The molecule has 1 amide bonds. The molecular formula is C38H41Cl2N5O3. The van der Waals surface area contributed by atoms with Gasteiger partial charge in [0.15, 0.2) is 0 Å². The van der Waals surface area contributed by atoms with Gasteiger partial charge in [-0.2, -0.15) is 5.10 Å². The van der Waals surface area contributed by atoms with Gasteiger partial charge < -0.3 is 19.9 Å². The highest BCUT2D eigenvalue weighted by atomic mass is 35.5. The molecule has 0 spiro atoms. The lowest BCUT2D eigenvalue weighted by atomic mass is 9.96. The maximum atomic E-state index is 14.4. The topological polar surface area (TPSA) is 94.5 Å². The number of aromatic carboxylic acids is 1. The number of fused-ring (bicyclic) bond motifs is 1. The van der Waals surface area contributed by atoms with Crippen molar-refractivity contribution in [2.75, 3.05) is 31.1 Å². The highest BCUT2D eigenvalue weighted by Gasteiger charge is 2.29. The third kappa shape index (κ3) is 6.31. The maximum absolute atomic E-state index is 14.4. The number of H-pyrrole nitrogens is 1. The van der Waals surface area contributed by atoms with Gasteiger partial charge in [-0.05, 0) is 93.8 Å². The number of amides is 1. The van der Waals surface area contributed by atoms with E-state index in [2.05, 4.69) is 22.2 Å². The number of carboxylic acids is 1. The van der Waals surface area contributed by atoms with Crippen molar-refractivity contribution in [3.8, 4) is 11.1 Å². The lowest BCUT2D eigenvalue weighted by Crippen LogP contribution is -2.49. The van der Waals surface area contributed by atoms with Crippen LogP contribution < -0.4 is 4.90 Å². The third-order valence-corrected chi connectivity index (χ3v) is 10.6. The first kappa shape index (κ1) is 33.6. The first-order chi connectivity index (χ1) is 23.0. The molecule has 250 valence electrons. The van der Waals surface area contributed by atoms with E-state index in [-0.39, 0.29) is 11.5 Å². The van der Waals surface area contributed by atoms with Gasteiger partial charge in [0.25, 0.3) is 5.91 Å². The minimum Gasteiger partial charge on any atom is -0.478 e. The standard InChI is InChI=1S/C38H41Cl2N5O3/c1-22-20-26(21-23(2)34(22)40)10-6-7-11-27-28-14-15-30(39)33(32-24(3)42-43(5)25(32)4)35(28)41-36(27)37(46)45-18-16-44(17-19-45)31-13-9-8-12-29(31)38(47)48/h8-9,12-15,20-21,41H,6-7,10-11,16-19H2,1-5H3,(H,47,48). The van der Waals surface area contributed by atoms with Crippen molar-refractivity contribution in [2.45, 2.75) is 53.4 Å². The van der Waals surface area contributed by atoms with E-state index in [0.29, 0.717) is 42.6 Å². The summed E-state index contributed by atoms with van der Waals surface area (Å²) in [7, 11) is 1.92. The number of nitrogens with zero attached hydrogens (tertiary/aromatic N) is 4. The van der Waals surface area contributed by atoms with Crippen LogP contribution >= 0.6 is 23.2 Å². The number of carbonyl (C=O) groups excluding carboxylic acids is 1. The summed E-state index contributed by atoms with van der Waals surface area (Å²) in [6.45, 7) is 10.1. The molecule has 10 heteroatoms. The summed E-state index contributed by atoms with van der Waals surface area (Å²) in [5.74, 6) is -1.01. The van der Waals surface area contributed by atoms with Crippen molar-refractivity contribution in [3.63, 3.8) is 0 Å². The second-order valence-electron chi connectivity index (χ2n) is 12.8. The Balaban J connectivity index is 1.31. The molecule has 5 aromatic rings. The summed E-state index contributed by atoms with van der Waals surface area (Å²) >= 11 is 13.3. The first-order valence-electron chi connectivity index (χ1n) is 16.4. The van der Waals surface area contributed by atoms with Gasteiger partial charge in [0.1, 0.15) is 5.69 Å². The van der Waals surface area contributed by atoms with E-state index in [9.17, 15) is 14.7 Å². The molecule has 1 aliphatic rings. The van der Waals surface area contributed by atoms with Gasteiger partial charge in [-0.1, -0.05) is 53.5 Å². The van der Waals surface area contributed by atoms with Crippen LogP contribution in [-0.2, 0) is 19.9 Å². The van der Waals surface area contributed by atoms with E-state index in [0.717, 1.165) is 80.8 Å². The Morgan fingerprint density at radius 3 is 2.21 bits per heavy atom. The predicted octanol–water partition coefficient (Wildman–Crippen LogP) is 8.33. The molecule has 2 aromatic heterocycles. The summed E-state index contributed by atoms with van der Waals surface area (Å²) in [6, 6.07) is 15.3.